The van der Waals surface area contributed by atoms with Crippen LogP contribution in [0.5, 0.6) is 5.88 Å². The smallest absolute Gasteiger partial charge is 0.287 e. The van der Waals surface area contributed by atoms with E-state index in [-0.39, 0.29) is 24.9 Å². The predicted octanol–water partition coefficient (Wildman–Crippen LogP) is 4.04. The van der Waals surface area contributed by atoms with Crippen LogP contribution in [0, 0.1) is 0 Å². The first-order chi connectivity index (χ1) is 14.5. The number of rotatable bonds is 3. The van der Waals surface area contributed by atoms with Crippen molar-refractivity contribution in [2.45, 2.75) is 18.4 Å². The number of aromatic amines is 1. The van der Waals surface area contributed by atoms with Crippen molar-refractivity contribution in [1.82, 2.24) is 19.9 Å². The number of fused-ring (bicyclic) bond motifs is 2. The summed E-state index contributed by atoms with van der Waals surface area (Å²) in [5.74, 6) is -3.30. The normalized spacial score (nSPS) is 18.6. The molecular weight excluding hydrogens is 390 g/mol. The second kappa shape index (κ2) is 7.05. The Bertz CT molecular complexity index is 1240. The van der Waals surface area contributed by atoms with Crippen LogP contribution in [-0.4, -0.2) is 50.9 Å². The number of alkyl halides is 2. The standard InChI is InChI=1S/C22H18F2N4O2/c23-22(24)10-11-28(21(29)15-5-3-7-17-20(15)26-13-25-17)12-18(22)30-19-9-8-14-4-1-2-6-16(14)27-19/h1-9,13,18H,10-12H2,(H,25,26). The number of benzene rings is 2. The lowest BCUT2D eigenvalue weighted by atomic mass is 10.0. The van der Waals surface area contributed by atoms with Crippen LogP contribution in [-0.2, 0) is 0 Å². The highest BCUT2D eigenvalue weighted by molar-refractivity contribution is 6.04. The number of carbonyl (C=O) groups excluding carboxylic acids is 1. The average Bonchev–Trinajstić information content (AvgIpc) is 3.23. The highest BCUT2D eigenvalue weighted by atomic mass is 19.3. The van der Waals surface area contributed by atoms with E-state index in [1.165, 1.54) is 11.2 Å². The molecule has 5 rings (SSSR count). The minimum Gasteiger partial charge on any atom is -0.466 e. The summed E-state index contributed by atoms with van der Waals surface area (Å²) in [6.07, 6.45) is -0.460. The molecule has 0 aliphatic carbocycles. The Kier molecular flexibility index (Phi) is 4.34. The zero-order chi connectivity index (χ0) is 20.7. The molecule has 30 heavy (non-hydrogen) atoms. The van der Waals surface area contributed by atoms with Gasteiger partial charge < -0.3 is 14.6 Å². The van der Waals surface area contributed by atoms with Crippen LogP contribution in [0.3, 0.4) is 0 Å². The second-order valence-corrected chi connectivity index (χ2v) is 7.32. The summed E-state index contributed by atoms with van der Waals surface area (Å²) < 4.78 is 34.8. The highest BCUT2D eigenvalue weighted by Gasteiger charge is 2.47. The minimum absolute atomic E-state index is 0.0579. The van der Waals surface area contributed by atoms with Gasteiger partial charge in [0.15, 0.2) is 6.10 Å². The molecule has 3 heterocycles. The number of piperidine rings is 1. The van der Waals surface area contributed by atoms with E-state index in [9.17, 15) is 13.6 Å². The number of nitrogens with one attached hydrogen (secondary N) is 1. The number of hydrogen-bond acceptors (Lipinski definition) is 4. The molecule has 1 amide bonds. The Morgan fingerprint density at radius 3 is 2.90 bits per heavy atom. The number of halogens is 2. The number of ether oxygens (including phenoxy) is 1. The van der Waals surface area contributed by atoms with Crippen molar-refractivity contribution in [1.29, 1.82) is 0 Å². The zero-order valence-corrected chi connectivity index (χ0v) is 15.9. The van der Waals surface area contributed by atoms with Crippen LogP contribution in [0.25, 0.3) is 21.9 Å². The third-order valence-corrected chi connectivity index (χ3v) is 5.38. The first kappa shape index (κ1) is 18.5. The fourth-order valence-corrected chi connectivity index (χ4v) is 3.75. The van der Waals surface area contributed by atoms with Gasteiger partial charge in [-0.2, -0.15) is 0 Å². The van der Waals surface area contributed by atoms with Gasteiger partial charge in [0, 0.05) is 24.4 Å². The van der Waals surface area contributed by atoms with Crippen molar-refractivity contribution >= 4 is 27.8 Å². The number of carbonyl (C=O) groups is 1. The first-order valence-electron chi connectivity index (χ1n) is 9.63. The number of amides is 1. The number of H-pyrrole nitrogens is 1. The molecule has 1 aliphatic heterocycles. The molecule has 1 N–H and O–H groups in total. The van der Waals surface area contributed by atoms with E-state index in [0.29, 0.717) is 16.6 Å². The Labute approximate surface area is 170 Å². The molecule has 2 aromatic carbocycles. The molecule has 2 aromatic heterocycles. The number of imidazole rings is 1. The Hall–Kier alpha value is -3.55. The van der Waals surface area contributed by atoms with E-state index < -0.39 is 18.4 Å². The summed E-state index contributed by atoms with van der Waals surface area (Å²) in [5, 5.41) is 0.893. The predicted molar refractivity (Wildman–Crippen MR) is 108 cm³/mol. The van der Waals surface area contributed by atoms with Crippen LogP contribution in [0.4, 0.5) is 8.78 Å². The lowest BCUT2D eigenvalue weighted by molar-refractivity contribution is -0.131. The van der Waals surface area contributed by atoms with Gasteiger partial charge in [-0.05, 0) is 24.3 Å². The zero-order valence-electron chi connectivity index (χ0n) is 15.9. The molecule has 0 saturated carbocycles. The van der Waals surface area contributed by atoms with Gasteiger partial charge in [0.2, 0.25) is 5.88 Å². The lowest BCUT2D eigenvalue weighted by Crippen LogP contribution is -2.55. The second-order valence-electron chi connectivity index (χ2n) is 7.32. The van der Waals surface area contributed by atoms with Gasteiger partial charge in [0.1, 0.15) is 5.52 Å². The first-order valence-corrected chi connectivity index (χ1v) is 9.63. The molecule has 1 unspecified atom stereocenters. The molecule has 0 bridgehead atoms. The number of pyridine rings is 1. The largest absolute Gasteiger partial charge is 0.466 e. The molecule has 1 fully saturated rings. The Morgan fingerprint density at radius 1 is 1.13 bits per heavy atom. The van der Waals surface area contributed by atoms with Crippen LogP contribution in [0.15, 0.2) is 60.9 Å². The molecule has 1 aliphatic rings. The van der Waals surface area contributed by atoms with Gasteiger partial charge in [-0.15, -0.1) is 0 Å². The van der Waals surface area contributed by atoms with Crippen molar-refractivity contribution in [2.75, 3.05) is 13.1 Å². The van der Waals surface area contributed by atoms with E-state index in [1.807, 2.05) is 18.2 Å². The number of hydrogen-bond donors (Lipinski definition) is 1. The minimum atomic E-state index is -3.07. The van der Waals surface area contributed by atoms with Gasteiger partial charge in [-0.3, -0.25) is 4.79 Å². The number of nitrogens with zero attached hydrogens (tertiary/aromatic N) is 3. The van der Waals surface area contributed by atoms with E-state index in [2.05, 4.69) is 15.0 Å². The number of aromatic nitrogens is 3. The maximum absolute atomic E-state index is 14.6. The molecule has 152 valence electrons. The van der Waals surface area contributed by atoms with Crippen molar-refractivity contribution < 1.29 is 18.3 Å². The topological polar surface area (TPSA) is 71.1 Å². The Balaban J connectivity index is 1.40. The van der Waals surface area contributed by atoms with E-state index >= 15 is 0 Å². The summed E-state index contributed by atoms with van der Waals surface area (Å²) in [6, 6.07) is 15.9. The quantitative estimate of drug-likeness (QED) is 0.555. The Morgan fingerprint density at radius 2 is 2.00 bits per heavy atom. The summed E-state index contributed by atoms with van der Waals surface area (Å²) in [4.78, 5) is 25.9. The molecule has 6 nitrogen and oxygen atoms in total. The maximum atomic E-state index is 14.6. The molecule has 1 atom stereocenters. The van der Waals surface area contributed by atoms with E-state index in [1.54, 1.807) is 36.4 Å². The van der Waals surface area contributed by atoms with Crippen LogP contribution in [0.2, 0.25) is 0 Å². The molecule has 4 aromatic rings. The number of para-hydroxylation sites is 2. The molecule has 0 radical (unpaired) electrons. The van der Waals surface area contributed by atoms with Crippen LogP contribution >= 0.6 is 0 Å². The fraction of sp³-hybridized carbons (Fsp3) is 0.227. The molecule has 1 saturated heterocycles. The van der Waals surface area contributed by atoms with Crippen molar-refractivity contribution in [3.8, 4) is 5.88 Å². The van der Waals surface area contributed by atoms with Crippen molar-refractivity contribution in [3.05, 3.63) is 66.5 Å². The fourth-order valence-electron chi connectivity index (χ4n) is 3.75. The van der Waals surface area contributed by atoms with Crippen molar-refractivity contribution in [3.63, 3.8) is 0 Å². The van der Waals surface area contributed by atoms with Gasteiger partial charge in [0.05, 0.1) is 29.5 Å². The lowest BCUT2D eigenvalue weighted by Gasteiger charge is -2.38. The van der Waals surface area contributed by atoms with Crippen LogP contribution < -0.4 is 4.74 Å². The monoisotopic (exact) mass is 408 g/mol. The summed E-state index contributed by atoms with van der Waals surface area (Å²) in [5.41, 5.74) is 2.28. The van der Waals surface area contributed by atoms with Gasteiger partial charge in [-0.1, -0.05) is 24.3 Å². The maximum Gasteiger partial charge on any atom is 0.287 e. The van der Waals surface area contributed by atoms with Gasteiger partial charge >= 0.3 is 0 Å². The molecule has 0 spiro atoms. The summed E-state index contributed by atoms with van der Waals surface area (Å²) >= 11 is 0. The summed E-state index contributed by atoms with van der Waals surface area (Å²) in [7, 11) is 0. The third-order valence-electron chi connectivity index (χ3n) is 5.38. The van der Waals surface area contributed by atoms with E-state index in [4.69, 9.17) is 4.74 Å². The average molecular weight is 408 g/mol. The van der Waals surface area contributed by atoms with Gasteiger partial charge in [-0.25, -0.2) is 18.7 Å². The SMILES string of the molecule is O=C(c1cccc2[nH]cnc12)N1CCC(F)(F)C(Oc2ccc3ccccc3n2)C1. The van der Waals surface area contributed by atoms with Crippen LogP contribution in [0.1, 0.15) is 16.8 Å². The number of likely N-dealkylation sites (tertiary alicyclic amines) is 1. The van der Waals surface area contributed by atoms with Gasteiger partial charge in [0.25, 0.3) is 11.8 Å². The molecular formula is C22H18F2N4O2. The van der Waals surface area contributed by atoms with Crippen molar-refractivity contribution in [2.24, 2.45) is 0 Å². The third kappa shape index (κ3) is 3.24. The highest BCUT2D eigenvalue weighted by Crippen LogP contribution is 2.32. The van der Waals surface area contributed by atoms with E-state index in [0.717, 1.165) is 10.9 Å². The summed E-state index contributed by atoms with van der Waals surface area (Å²) in [6.45, 7) is -0.293. The molecule has 8 heteroatoms.